The summed E-state index contributed by atoms with van der Waals surface area (Å²) in [6.45, 7) is 57.6. The molecule has 4 aromatic carbocycles. The second-order valence-electron chi connectivity index (χ2n) is 18.4. The molecule has 0 aliphatic heterocycles. The Hall–Kier alpha value is -7.05. The topological polar surface area (TPSA) is 240 Å². The molecule has 3 unspecified atom stereocenters. The Labute approximate surface area is 574 Å². The van der Waals surface area contributed by atoms with Crippen LogP contribution in [0.4, 0.5) is 0 Å². The number of amides is 2. The van der Waals surface area contributed by atoms with Crippen molar-refractivity contribution in [3.63, 3.8) is 0 Å². The zero-order valence-electron chi connectivity index (χ0n) is 65.1. The highest BCUT2D eigenvalue weighted by molar-refractivity contribution is 7.89. The summed E-state index contributed by atoms with van der Waals surface area (Å²) in [6, 6.07) is 31.3. The van der Waals surface area contributed by atoms with E-state index in [9.17, 15) is 50.4 Å². The number of aryl methyl sites for hydroxylation is 4. The van der Waals surface area contributed by atoms with Crippen LogP contribution in [0.15, 0.2) is 108 Å². The SMILES string of the molecule is CC.CC.CC.CC.CC.CC.CC.CC.CC(=O)c1ccccc1C.CCc1ccccc1/C(C)=C(\C)C(=O)NS(C)(=O)=O.CCc1ccccc1C(C)C(C)C(=O)NS(C)(=O)=O.COC(=O)/C(C)=C(\C)c1ccccc1C.COC(=O)C(C)C.COC(=O)C(C)C=O. The van der Waals surface area contributed by atoms with Crippen molar-refractivity contribution in [1.82, 2.24) is 9.44 Å². The summed E-state index contributed by atoms with van der Waals surface area (Å²) in [5.74, 6) is -2.86. The van der Waals surface area contributed by atoms with E-state index in [4.69, 9.17) is 4.74 Å². The third-order valence-corrected chi connectivity index (χ3v) is 13.1. The van der Waals surface area contributed by atoms with Crippen LogP contribution in [-0.2, 0) is 75.9 Å². The fraction of sp³-hybridized carbons (Fsp3) is 0.539. The first-order valence-corrected chi connectivity index (χ1v) is 36.9. The fourth-order valence-corrected chi connectivity index (χ4v) is 7.87. The third kappa shape index (κ3) is 52.3. The van der Waals surface area contributed by atoms with Gasteiger partial charge in [0.25, 0.3) is 5.91 Å². The Bertz CT molecular complexity index is 2930. The Kier molecular flexibility index (Phi) is 79.4. The lowest BCUT2D eigenvalue weighted by molar-refractivity contribution is -0.146. The van der Waals surface area contributed by atoms with E-state index in [1.165, 1.54) is 39.4 Å². The number of methoxy groups -OCH3 is 3. The van der Waals surface area contributed by atoms with Crippen LogP contribution in [0.5, 0.6) is 0 Å². The Morgan fingerprint density at radius 2 is 0.798 bits per heavy atom. The van der Waals surface area contributed by atoms with E-state index in [-0.39, 0.29) is 29.6 Å². The number of benzene rings is 4. The van der Waals surface area contributed by atoms with Crippen molar-refractivity contribution >= 4 is 73.0 Å². The fourth-order valence-electron chi connectivity index (χ4n) is 6.83. The molecule has 0 aromatic heterocycles. The number of nitrogens with one attached hydrogen (secondary N) is 2. The molecule has 0 bridgehead atoms. The smallest absolute Gasteiger partial charge is 0.333 e. The molecule has 4 aromatic rings. The number of carbonyl (C=O) groups excluding carboxylic acids is 7. The van der Waals surface area contributed by atoms with Gasteiger partial charge in [0, 0.05) is 22.6 Å². The van der Waals surface area contributed by atoms with Crippen LogP contribution in [0.2, 0.25) is 0 Å². The molecule has 3 atom stereocenters. The van der Waals surface area contributed by atoms with Gasteiger partial charge in [0.2, 0.25) is 26.0 Å². The number of ketones is 1. The van der Waals surface area contributed by atoms with Crippen LogP contribution in [0.25, 0.3) is 11.1 Å². The summed E-state index contributed by atoms with van der Waals surface area (Å²) in [5, 5.41) is 0. The number of hydrogen-bond donors (Lipinski definition) is 2. The van der Waals surface area contributed by atoms with Gasteiger partial charge in [-0.3, -0.25) is 28.7 Å². The minimum atomic E-state index is -3.53. The van der Waals surface area contributed by atoms with Crippen LogP contribution >= 0.6 is 0 Å². The molecular weight excluding hydrogens is 1230 g/mol. The summed E-state index contributed by atoms with van der Waals surface area (Å²) in [5.41, 5.74) is 11.4. The predicted molar refractivity (Wildman–Crippen MR) is 401 cm³/mol. The Morgan fingerprint density at radius 1 is 0.457 bits per heavy atom. The van der Waals surface area contributed by atoms with Crippen molar-refractivity contribution in [2.24, 2.45) is 17.8 Å². The van der Waals surface area contributed by atoms with E-state index in [0.717, 1.165) is 69.9 Å². The average Bonchev–Trinajstić information content (AvgIpc) is 1.15. The Morgan fingerprint density at radius 3 is 1.10 bits per heavy atom. The second-order valence-corrected chi connectivity index (χ2v) is 21.9. The summed E-state index contributed by atoms with van der Waals surface area (Å²) >= 11 is 0. The van der Waals surface area contributed by atoms with Gasteiger partial charge in [0.1, 0.15) is 12.2 Å². The molecule has 94 heavy (non-hydrogen) atoms. The molecule has 0 aliphatic rings. The molecule has 0 saturated heterocycles. The van der Waals surface area contributed by atoms with Gasteiger partial charge in [-0.2, -0.15) is 0 Å². The first-order valence-electron chi connectivity index (χ1n) is 33.1. The van der Waals surface area contributed by atoms with Gasteiger partial charge in [0.05, 0.1) is 39.8 Å². The number of Topliss-reactive ketones (excluding diaryl/α,β-unsaturated/α-hetero) is 1. The zero-order valence-corrected chi connectivity index (χ0v) is 66.7. The quantitative estimate of drug-likeness (QED) is 0.0281. The average molecular weight is 1360 g/mol. The number of rotatable bonds is 15. The molecule has 0 aliphatic carbocycles. The van der Waals surface area contributed by atoms with Crippen LogP contribution < -0.4 is 9.44 Å². The van der Waals surface area contributed by atoms with Gasteiger partial charge in [-0.15, -0.1) is 0 Å². The summed E-state index contributed by atoms with van der Waals surface area (Å²) in [7, 11) is -2.99. The molecule has 542 valence electrons. The lowest BCUT2D eigenvalue weighted by Gasteiger charge is -2.21. The van der Waals surface area contributed by atoms with Gasteiger partial charge < -0.3 is 19.0 Å². The van der Waals surface area contributed by atoms with Crippen LogP contribution in [-0.4, -0.2) is 92.5 Å². The summed E-state index contributed by atoms with van der Waals surface area (Å²) < 4.78 is 61.7. The van der Waals surface area contributed by atoms with E-state index in [1.54, 1.807) is 41.5 Å². The van der Waals surface area contributed by atoms with Crippen LogP contribution in [0.1, 0.15) is 249 Å². The first-order chi connectivity index (χ1) is 44.2. The van der Waals surface area contributed by atoms with Crippen LogP contribution in [0, 0.1) is 31.6 Å². The molecule has 2 N–H and O–H groups in total. The number of sulfonamides is 2. The molecule has 0 spiro atoms. The highest BCUT2D eigenvalue weighted by Crippen LogP contribution is 2.28. The van der Waals surface area contributed by atoms with Gasteiger partial charge in [0.15, 0.2) is 5.78 Å². The molecule has 2 amide bonds. The maximum Gasteiger partial charge on any atom is 0.333 e. The lowest BCUT2D eigenvalue weighted by Crippen LogP contribution is -2.35. The van der Waals surface area contributed by atoms with Gasteiger partial charge >= 0.3 is 17.9 Å². The maximum atomic E-state index is 11.9. The molecule has 0 fully saturated rings. The van der Waals surface area contributed by atoms with Crippen molar-refractivity contribution in [1.29, 1.82) is 0 Å². The monoisotopic (exact) mass is 1360 g/mol. The lowest BCUT2D eigenvalue weighted by atomic mass is 9.85. The van der Waals surface area contributed by atoms with Crippen molar-refractivity contribution in [2.45, 2.75) is 226 Å². The molecule has 4 rings (SSSR count). The van der Waals surface area contributed by atoms with E-state index in [1.807, 2.05) is 259 Å². The second kappa shape index (κ2) is 68.8. The minimum absolute atomic E-state index is 0.00463. The molecule has 16 nitrogen and oxygen atoms in total. The van der Waals surface area contributed by atoms with Crippen molar-refractivity contribution < 1.29 is 64.6 Å². The molecular formula is C76H132N2O14S2. The molecule has 0 heterocycles. The minimum Gasteiger partial charge on any atom is -0.469 e. The van der Waals surface area contributed by atoms with Gasteiger partial charge in [-0.25, -0.2) is 26.4 Å². The van der Waals surface area contributed by atoms with Crippen LogP contribution in [0.3, 0.4) is 0 Å². The van der Waals surface area contributed by atoms with Gasteiger partial charge in [-0.1, -0.05) is 249 Å². The molecule has 18 heteroatoms. The van der Waals surface area contributed by atoms with Crippen molar-refractivity contribution in [3.8, 4) is 0 Å². The largest absolute Gasteiger partial charge is 0.469 e. The van der Waals surface area contributed by atoms with E-state index >= 15 is 0 Å². The van der Waals surface area contributed by atoms with E-state index < -0.39 is 49.7 Å². The molecule has 0 saturated carbocycles. The number of hydrogen-bond acceptors (Lipinski definition) is 14. The first kappa shape index (κ1) is 108. The highest BCUT2D eigenvalue weighted by Gasteiger charge is 2.25. The number of allylic oxidation sites excluding steroid dienone is 2. The molecule has 0 radical (unpaired) electrons. The normalized spacial score (nSPS) is 10.7. The predicted octanol–water partition coefficient (Wildman–Crippen LogP) is 18.4. The van der Waals surface area contributed by atoms with Crippen molar-refractivity contribution in [3.05, 3.63) is 153 Å². The number of ether oxygens (including phenoxy) is 3. The highest BCUT2D eigenvalue weighted by atomic mass is 32.2. The third-order valence-electron chi connectivity index (χ3n) is 11.9. The van der Waals surface area contributed by atoms with Gasteiger partial charge in [-0.05, 0) is 124 Å². The zero-order chi connectivity index (χ0) is 76.7. The summed E-state index contributed by atoms with van der Waals surface area (Å²) in [4.78, 5) is 76.3. The number of carbonyl (C=O) groups is 7. The van der Waals surface area contributed by atoms with Crippen molar-refractivity contribution in [2.75, 3.05) is 33.8 Å². The van der Waals surface area contributed by atoms with E-state index in [2.05, 4.69) is 16.4 Å². The Balaban J connectivity index is -0.000000111. The summed E-state index contributed by atoms with van der Waals surface area (Å²) in [6.07, 6.45) is 4.25. The number of esters is 3. The standard InChI is InChI=1S/C14H21NO3S.C14H19NO3S.C13H16O2.C9H10O.C5H8O3.C5H10O2.8C2H6/c2*1-5-12-8-6-7-9-13(12)10(2)11(3)14(16)15-19(4,17)18;1-9-7-5-6-8-12(9)10(2)11(3)13(14)15-4;1-7-5-3-4-6-9(7)8(2)10;1-4(3-6)5(7)8-2;1-4(2)5(6)7-3;8*1-2/h6-11H,5H2,1-4H3,(H,15,16);6-9H,5H2,1-4H3,(H,15,16);5-8H,1-4H3;3-6H,1-2H3;3-4H,1-2H3;4H,1-3H3;8*1-2H3/b;2*11-10+;;;;;;;;;;;. The number of aldehydes is 1. The maximum absolute atomic E-state index is 11.9. The van der Waals surface area contributed by atoms with E-state index in [0.29, 0.717) is 17.4 Å².